The van der Waals surface area contributed by atoms with Gasteiger partial charge in [0, 0.05) is 23.0 Å². The molecule has 2 aliphatic rings. The van der Waals surface area contributed by atoms with Crippen molar-refractivity contribution in [2.75, 3.05) is 18.0 Å². The summed E-state index contributed by atoms with van der Waals surface area (Å²) in [7, 11) is 0. The predicted octanol–water partition coefficient (Wildman–Crippen LogP) is 2.49. The number of rotatable bonds is 7. The lowest BCUT2D eigenvalue weighted by atomic mass is 10.3. The van der Waals surface area contributed by atoms with Gasteiger partial charge < -0.3 is 15.1 Å². The molecule has 0 radical (unpaired) electrons. The molecule has 4 heterocycles. The average Bonchev–Trinajstić information content (AvgIpc) is 3.64. The monoisotopic (exact) mass is 696 g/mol. The van der Waals surface area contributed by atoms with Gasteiger partial charge >= 0.3 is 11.9 Å². The van der Waals surface area contributed by atoms with E-state index in [1.54, 1.807) is 24.8 Å². The second-order valence-corrected chi connectivity index (χ2v) is 14.1. The van der Waals surface area contributed by atoms with Crippen LogP contribution in [0.2, 0.25) is 5.02 Å². The van der Waals surface area contributed by atoms with Gasteiger partial charge in [-0.1, -0.05) is 47.3 Å². The first-order valence-electron chi connectivity index (χ1n) is 12.6. The number of fused-ring (bicyclic) bond motifs is 1. The highest BCUT2D eigenvalue weighted by atomic mass is 35.5. The molecule has 0 saturated carbocycles. The number of aliphatic carboxylic acids is 2. The molecular weight excluding hydrogens is 676 g/mol. The molecule has 43 heavy (non-hydrogen) atoms. The smallest absolute Gasteiger partial charge is 0.323 e. The summed E-state index contributed by atoms with van der Waals surface area (Å²) in [5.74, 6) is -3.33. The minimum absolute atomic E-state index is 0.0199. The highest BCUT2D eigenvalue weighted by Gasteiger charge is 2.35. The fourth-order valence-electron chi connectivity index (χ4n) is 4.45. The second kappa shape index (κ2) is 12.5. The third kappa shape index (κ3) is 5.86. The van der Waals surface area contributed by atoms with Crippen molar-refractivity contribution < 1.29 is 24.6 Å². The number of nitrogens with zero attached hydrogens (tertiary/aromatic N) is 4. The normalized spacial score (nSPS) is 18.3. The number of thiazole rings is 2. The van der Waals surface area contributed by atoms with Gasteiger partial charge in [-0.15, -0.1) is 22.7 Å². The van der Waals surface area contributed by atoms with Crippen LogP contribution in [0.15, 0.2) is 43.8 Å². The first kappa shape index (κ1) is 31.3. The molecule has 2 aliphatic heterocycles. The van der Waals surface area contributed by atoms with Crippen molar-refractivity contribution in [3.63, 3.8) is 0 Å². The van der Waals surface area contributed by atoms with Crippen LogP contribution in [-0.2, 0) is 27.5 Å². The summed E-state index contributed by atoms with van der Waals surface area (Å²) in [6.45, 7) is 3.27. The van der Waals surface area contributed by atoms with E-state index in [1.165, 1.54) is 4.57 Å². The van der Waals surface area contributed by atoms with Gasteiger partial charge in [0.25, 0.3) is 17.0 Å². The standard InChI is InChI=1S/C26H21ClN4O7S5/c1-3-28-13-9-12(27)5-6-14(13)40-16(28)8-7-15-21(36)29(4-2)24(41-15)19-22(37)30(10-17(32)33)25(42-19)20-23(38)31(11-18(34)35)26(39)43-20/h5-9H,3-4,10-11H2,1-2H3,(H,32,33)(H,34,35)/b15-7?,16-8?,24-19-,25-20-. The van der Waals surface area contributed by atoms with Gasteiger partial charge in [-0.05, 0) is 44.2 Å². The lowest BCUT2D eigenvalue weighted by Crippen LogP contribution is -2.35. The third-order valence-corrected chi connectivity index (χ3v) is 11.7. The maximum Gasteiger partial charge on any atom is 0.323 e. The Balaban J connectivity index is 1.73. The molecular formula is C26H21ClN4O7S5. The Morgan fingerprint density at radius 2 is 1.63 bits per heavy atom. The zero-order valence-electron chi connectivity index (χ0n) is 22.4. The molecule has 3 aromatic rings. The van der Waals surface area contributed by atoms with Crippen LogP contribution in [0, 0.1) is 9.20 Å². The number of thiocarbonyl (C=S) groups is 1. The van der Waals surface area contributed by atoms with Gasteiger partial charge in [-0.25, -0.2) is 0 Å². The summed E-state index contributed by atoms with van der Waals surface area (Å²) in [5, 5.41) is 20.2. The van der Waals surface area contributed by atoms with Gasteiger partial charge in [0.2, 0.25) is 0 Å². The highest BCUT2D eigenvalue weighted by Crippen LogP contribution is 2.46. The molecule has 0 spiro atoms. The molecule has 224 valence electrons. The Morgan fingerprint density at radius 3 is 2.28 bits per heavy atom. The van der Waals surface area contributed by atoms with Crippen LogP contribution in [0.25, 0.3) is 11.0 Å². The number of aromatic nitrogens is 2. The number of amides is 1. The molecule has 1 fully saturated rings. The number of carboxylic acid groups (broad SMARTS) is 2. The first-order valence-corrected chi connectivity index (χ1v) is 16.6. The van der Waals surface area contributed by atoms with Crippen molar-refractivity contribution in [3.8, 4) is 0 Å². The van der Waals surface area contributed by atoms with Gasteiger partial charge in [0.15, 0.2) is 0 Å². The number of hydrogen-bond acceptors (Lipinski definition) is 11. The van der Waals surface area contributed by atoms with E-state index in [0.29, 0.717) is 20.8 Å². The molecule has 0 bridgehead atoms. The predicted molar refractivity (Wildman–Crippen MR) is 173 cm³/mol. The van der Waals surface area contributed by atoms with Crippen LogP contribution in [0.3, 0.4) is 0 Å². The number of hydrogen-bond donors (Lipinski definition) is 2. The van der Waals surface area contributed by atoms with Crippen molar-refractivity contribution in [2.45, 2.75) is 31.8 Å². The zero-order chi connectivity index (χ0) is 31.2. The molecule has 0 aliphatic carbocycles. The molecule has 11 nitrogen and oxygen atoms in total. The van der Waals surface area contributed by atoms with Crippen molar-refractivity contribution in [1.29, 1.82) is 0 Å². The summed E-state index contributed by atoms with van der Waals surface area (Å²) in [6.07, 6.45) is 3.53. The fourth-order valence-corrected chi connectivity index (χ4v) is 9.52. The molecule has 17 heteroatoms. The lowest BCUT2D eigenvalue weighted by Gasteiger charge is -2.17. The van der Waals surface area contributed by atoms with E-state index in [9.17, 15) is 34.2 Å². The number of halogens is 1. The van der Waals surface area contributed by atoms with Crippen molar-refractivity contribution in [2.24, 2.45) is 0 Å². The van der Waals surface area contributed by atoms with Crippen LogP contribution >= 0.6 is 70.0 Å². The topological polar surface area (TPSA) is 142 Å². The highest BCUT2D eigenvalue weighted by molar-refractivity contribution is 8.30. The Bertz CT molecular complexity index is 2100. The summed E-state index contributed by atoms with van der Waals surface area (Å²) >= 11 is 15.7. The molecule has 1 amide bonds. The van der Waals surface area contributed by atoms with Crippen molar-refractivity contribution >= 4 is 109 Å². The summed E-state index contributed by atoms with van der Waals surface area (Å²) in [5.41, 5.74) is -0.0335. The number of carbonyl (C=O) groups is 3. The largest absolute Gasteiger partial charge is 0.480 e. The Kier molecular flexibility index (Phi) is 9.06. The molecule has 1 saturated heterocycles. The van der Waals surface area contributed by atoms with Crippen LogP contribution in [0.1, 0.15) is 13.8 Å². The number of carbonyl (C=O) groups excluding carboxylic acids is 1. The minimum Gasteiger partial charge on any atom is -0.480 e. The first-order chi connectivity index (χ1) is 20.4. The number of allylic oxidation sites excluding steroid dienone is 1. The SMILES string of the molecule is CCN1C(=CC=c2s/c(=c3\s/c(=C4\SC(=S)N(CC(=O)O)C4=O)n(CC(=O)O)c3=O)n(CC)c2=O)Sc2ccc(Cl)cc21. The molecule has 1 aromatic carbocycles. The van der Waals surface area contributed by atoms with E-state index in [4.69, 9.17) is 23.8 Å². The maximum absolute atomic E-state index is 13.6. The van der Waals surface area contributed by atoms with E-state index in [-0.39, 0.29) is 30.5 Å². The van der Waals surface area contributed by atoms with E-state index in [0.717, 1.165) is 59.5 Å². The van der Waals surface area contributed by atoms with E-state index >= 15 is 0 Å². The summed E-state index contributed by atoms with van der Waals surface area (Å²) in [4.78, 5) is 67.0. The molecule has 0 atom stereocenters. The molecule has 0 unspecified atom stereocenters. The van der Waals surface area contributed by atoms with Gasteiger partial charge in [-0.2, -0.15) is 0 Å². The zero-order valence-corrected chi connectivity index (χ0v) is 27.2. The Morgan fingerprint density at radius 1 is 0.907 bits per heavy atom. The van der Waals surface area contributed by atoms with Gasteiger partial charge in [-0.3, -0.25) is 38.0 Å². The number of benzene rings is 1. The average molecular weight is 697 g/mol. The summed E-state index contributed by atoms with van der Waals surface area (Å²) < 4.78 is 3.16. The Labute approximate surface area is 269 Å². The summed E-state index contributed by atoms with van der Waals surface area (Å²) in [6, 6.07) is 5.64. The number of anilines is 1. The van der Waals surface area contributed by atoms with E-state index < -0.39 is 36.5 Å². The third-order valence-electron chi connectivity index (χ3n) is 6.32. The molecule has 5 rings (SSSR count). The van der Waals surface area contributed by atoms with E-state index in [2.05, 4.69) is 4.90 Å². The van der Waals surface area contributed by atoms with Gasteiger partial charge in [0.1, 0.15) is 36.2 Å². The lowest BCUT2D eigenvalue weighted by molar-refractivity contribution is -0.140. The number of thioether (sulfide) groups is 2. The second-order valence-electron chi connectivity index (χ2n) is 8.95. The van der Waals surface area contributed by atoms with Crippen molar-refractivity contribution in [1.82, 2.24) is 14.0 Å². The van der Waals surface area contributed by atoms with Gasteiger partial charge in [0.05, 0.1) is 15.2 Å². The van der Waals surface area contributed by atoms with Crippen LogP contribution in [0.5, 0.6) is 0 Å². The Hall–Kier alpha value is -3.15. The van der Waals surface area contributed by atoms with E-state index in [1.807, 2.05) is 31.2 Å². The number of carboxylic acids is 2. The quantitative estimate of drug-likeness (QED) is 0.352. The fraction of sp³-hybridized carbons (Fsp3) is 0.231. The molecule has 2 N–H and O–H groups in total. The van der Waals surface area contributed by atoms with Crippen LogP contribution in [0.4, 0.5) is 5.69 Å². The molecule has 2 aromatic heterocycles. The minimum atomic E-state index is -1.31. The van der Waals surface area contributed by atoms with Crippen LogP contribution in [-0.4, -0.2) is 59.5 Å². The van der Waals surface area contributed by atoms with Crippen LogP contribution < -0.4 is 25.2 Å². The van der Waals surface area contributed by atoms with Crippen molar-refractivity contribution in [3.05, 3.63) is 73.4 Å². The maximum atomic E-state index is 13.6.